The van der Waals surface area contributed by atoms with Gasteiger partial charge in [0.25, 0.3) is 0 Å². The molecular formula is C15H24N4O2S. The van der Waals surface area contributed by atoms with Crippen molar-refractivity contribution < 1.29 is 8.42 Å². The van der Waals surface area contributed by atoms with Gasteiger partial charge in [0.15, 0.2) is 0 Å². The summed E-state index contributed by atoms with van der Waals surface area (Å²) in [6.07, 6.45) is 1.90. The van der Waals surface area contributed by atoms with Gasteiger partial charge in [-0.3, -0.25) is 4.72 Å². The number of piperazine rings is 1. The molecule has 2 heterocycles. The minimum Gasteiger partial charge on any atom is -0.369 e. The summed E-state index contributed by atoms with van der Waals surface area (Å²) in [5.41, 5.74) is 1.78. The van der Waals surface area contributed by atoms with Gasteiger partial charge in [0.1, 0.15) is 0 Å². The van der Waals surface area contributed by atoms with Crippen LogP contribution in [0, 0.1) is 0 Å². The Morgan fingerprint density at radius 3 is 2.09 bits per heavy atom. The summed E-state index contributed by atoms with van der Waals surface area (Å²) >= 11 is 0. The minimum atomic E-state index is -3.39. The average Bonchev–Trinajstić information content (AvgIpc) is 3.04. The molecule has 6 nitrogen and oxygen atoms in total. The Hall–Kier alpha value is -1.31. The highest BCUT2D eigenvalue weighted by Gasteiger charge is 2.25. The molecule has 2 aliphatic heterocycles. The number of nitrogens with one attached hydrogen (secondary N) is 1. The second-order valence-electron chi connectivity index (χ2n) is 6.05. The zero-order valence-electron chi connectivity index (χ0n) is 13.0. The summed E-state index contributed by atoms with van der Waals surface area (Å²) in [5.74, 6) is 0. The van der Waals surface area contributed by atoms with Gasteiger partial charge in [0.05, 0.1) is 0 Å². The fraction of sp³-hybridized carbons (Fsp3) is 0.600. The van der Waals surface area contributed by atoms with Crippen molar-refractivity contribution in [3.05, 3.63) is 24.3 Å². The molecule has 2 fully saturated rings. The van der Waals surface area contributed by atoms with Crippen LogP contribution in [0.15, 0.2) is 24.3 Å². The summed E-state index contributed by atoms with van der Waals surface area (Å²) in [6.45, 7) is 5.38. The maximum absolute atomic E-state index is 12.2. The van der Waals surface area contributed by atoms with Gasteiger partial charge in [0, 0.05) is 50.6 Å². The molecule has 0 aromatic heterocycles. The largest absolute Gasteiger partial charge is 0.369 e. The van der Waals surface area contributed by atoms with Crippen molar-refractivity contribution >= 4 is 21.6 Å². The van der Waals surface area contributed by atoms with Crippen molar-refractivity contribution in [2.45, 2.75) is 12.8 Å². The molecule has 0 unspecified atom stereocenters. The van der Waals surface area contributed by atoms with E-state index >= 15 is 0 Å². The zero-order valence-corrected chi connectivity index (χ0v) is 13.8. The van der Waals surface area contributed by atoms with E-state index in [1.54, 1.807) is 0 Å². The van der Waals surface area contributed by atoms with Crippen LogP contribution in [0.1, 0.15) is 12.8 Å². The van der Waals surface area contributed by atoms with Crippen LogP contribution >= 0.6 is 0 Å². The highest BCUT2D eigenvalue weighted by Crippen LogP contribution is 2.21. The average molecular weight is 324 g/mol. The first kappa shape index (κ1) is 15.6. The van der Waals surface area contributed by atoms with Gasteiger partial charge in [-0.1, -0.05) is 0 Å². The molecular weight excluding hydrogens is 300 g/mol. The lowest BCUT2D eigenvalue weighted by Crippen LogP contribution is -2.44. The predicted molar refractivity (Wildman–Crippen MR) is 89.5 cm³/mol. The van der Waals surface area contributed by atoms with Gasteiger partial charge in [-0.25, -0.2) is 0 Å². The van der Waals surface area contributed by atoms with E-state index in [1.165, 1.54) is 4.31 Å². The lowest BCUT2D eigenvalue weighted by Gasteiger charge is -2.34. The Bertz CT molecular complexity index is 588. The van der Waals surface area contributed by atoms with E-state index < -0.39 is 10.2 Å². The third-order valence-corrected chi connectivity index (χ3v) is 5.93. The lowest BCUT2D eigenvalue weighted by atomic mass is 10.2. The predicted octanol–water partition coefficient (Wildman–Crippen LogP) is 1.19. The molecule has 22 heavy (non-hydrogen) atoms. The van der Waals surface area contributed by atoms with Crippen molar-refractivity contribution in [2.24, 2.45) is 0 Å². The summed E-state index contributed by atoms with van der Waals surface area (Å²) in [7, 11) is -1.26. The van der Waals surface area contributed by atoms with Gasteiger partial charge in [-0.15, -0.1) is 0 Å². The van der Waals surface area contributed by atoms with E-state index in [1.807, 2.05) is 24.3 Å². The molecule has 0 atom stereocenters. The van der Waals surface area contributed by atoms with Crippen molar-refractivity contribution in [1.29, 1.82) is 0 Å². The zero-order chi connectivity index (χ0) is 15.6. The van der Waals surface area contributed by atoms with Crippen molar-refractivity contribution in [1.82, 2.24) is 9.21 Å². The Labute approximate surface area is 132 Å². The third kappa shape index (κ3) is 3.53. The molecule has 0 saturated carbocycles. The number of likely N-dealkylation sites (N-methyl/N-ethyl adjacent to an activating group) is 1. The topological polar surface area (TPSA) is 55.9 Å². The first-order valence-corrected chi connectivity index (χ1v) is 9.30. The van der Waals surface area contributed by atoms with Crippen LogP contribution in [0.2, 0.25) is 0 Å². The summed E-state index contributed by atoms with van der Waals surface area (Å²) in [6, 6.07) is 7.68. The van der Waals surface area contributed by atoms with E-state index in [2.05, 4.69) is 21.6 Å². The number of hydrogen-bond donors (Lipinski definition) is 1. The minimum absolute atomic E-state index is 0.620. The van der Waals surface area contributed by atoms with Crippen LogP contribution in [0.5, 0.6) is 0 Å². The molecule has 3 rings (SSSR count). The van der Waals surface area contributed by atoms with Gasteiger partial charge in [0.2, 0.25) is 0 Å². The normalized spacial score (nSPS) is 21.2. The molecule has 7 heteroatoms. The fourth-order valence-corrected chi connectivity index (χ4v) is 4.25. The molecule has 2 saturated heterocycles. The molecule has 0 bridgehead atoms. The lowest BCUT2D eigenvalue weighted by molar-refractivity contribution is 0.313. The number of rotatable bonds is 4. The monoisotopic (exact) mass is 324 g/mol. The van der Waals surface area contributed by atoms with Gasteiger partial charge >= 0.3 is 10.2 Å². The molecule has 0 amide bonds. The first-order chi connectivity index (χ1) is 10.5. The van der Waals surface area contributed by atoms with Crippen LogP contribution in [0.25, 0.3) is 0 Å². The van der Waals surface area contributed by atoms with E-state index in [0.717, 1.165) is 44.7 Å². The number of hydrogen-bond acceptors (Lipinski definition) is 4. The number of benzene rings is 1. The van der Waals surface area contributed by atoms with Crippen molar-refractivity contribution in [3.63, 3.8) is 0 Å². The fourth-order valence-electron chi connectivity index (χ4n) is 2.95. The van der Waals surface area contributed by atoms with Crippen molar-refractivity contribution in [2.75, 3.05) is 55.9 Å². The highest BCUT2D eigenvalue weighted by molar-refractivity contribution is 7.90. The maximum Gasteiger partial charge on any atom is 0.301 e. The molecule has 1 aromatic rings. The molecule has 1 N–H and O–H groups in total. The SMILES string of the molecule is CN1CCN(c2ccc(NS(=O)(=O)N3CCCC3)cc2)CC1. The quantitative estimate of drug-likeness (QED) is 0.904. The molecule has 1 aromatic carbocycles. The standard InChI is InChI=1S/C15H24N4O2S/c1-17-10-12-18(13-11-17)15-6-4-14(5-7-15)16-22(20,21)19-8-2-3-9-19/h4-7,16H,2-3,8-13H2,1H3. The number of anilines is 2. The van der Waals surface area contributed by atoms with Gasteiger partial charge in [-0.2, -0.15) is 12.7 Å². The van der Waals surface area contributed by atoms with E-state index in [9.17, 15) is 8.42 Å². The third-order valence-electron chi connectivity index (χ3n) is 4.39. The summed E-state index contributed by atoms with van der Waals surface area (Å²) in [4.78, 5) is 4.65. The van der Waals surface area contributed by atoms with Crippen LogP contribution in [0.3, 0.4) is 0 Å². The molecule has 0 spiro atoms. The highest BCUT2D eigenvalue weighted by atomic mass is 32.2. The Kier molecular flexibility index (Phi) is 4.56. The number of nitrogens with zero attached hydrogens (tertiary/aromatic N) is 3. The Morgan fingerprint density at radius 2 is 1.50 bits per heavy atom. The Morgan fingerprint density at radius 1 is 0.909 bits per heavy atom. The van der Waals surface area contributed by atoms with Gasteiger partial charge in [-0.05, 0) is 44.2 Å². The van der Waals surface area contributed by atoms with Crippen molar-refractivity contribution in [3.8, 4) is 0 Å². The van der Waals surface area contributed by atoms with Crippen LogP contribution < -0.4 is 9.62 Å². The van der Waals surface area contributed by atoms with Crippen LogP contribution in [0.4, 0.5) is 11.4 Å². The summed E-state index contributed by atoms with van der Waals surface area (Å²) in [5, 5.41) is 0. The summed E-state index contributed by atoms with van der Waals surface area (Å²) < 4.78 is 28.6. The van der Waals surface area contributed by atoms with E-state index in [4.69, 9.17) is 0 Å². The van der Waals surface area contributed by atoms with E-state index in [-0.39, 0.29) is 0 Å². The Balaban J connectivity index is 1.64. The van der Waals surface area contributed by atoms with Crippen LogP contribution in [-0.2, 0) is 10.2 Å². The maximum atomic E-state index is 12.2. The van der Waals surface area contributed by atoms with E-state index in [0.29, 0.717) is 18.8 Å². The molecule has 122 valence electrons. The first-order valence-electron chi connectivity index (χ1n) is 7.86. The molecule has 0 radical (unpaired) electrons. The van der Waals surface area contributed by atoms with Crippen LogP contribution in [-0.4, -0.2) is 63.9 Å². The molecule has 0 aliphatic carbocycles. The molecule has 2 aliphatic rings. The second kappa shape index (κ2) is 6.44. The van der Waals surface area contributed by atoms with Gasteiger partial charge < -0.3 is 9.80 Å². The second-order valence-corrected chi connectivity index (χ2v) is 7.72. The smallest absolute Gasteiger partial charge is 0.301 e.